The number of hydrogen-bond donors (Lipinski definition) is 1. The van der Waals surface area contributed by atoms with Crippen LogP contribution in [0.15, 0.2) is 158 Å². The SMILES string of the molecule is Oc1cccc2c(-c3ccccc3)cc(-c3cccc4c3nc(-c3cccc5c3[n-]c3cc6ccccc6cc35)n4-c3ccccc3)nc12.[Pt]. The molecule has 0 aliphatic rings. The van der Waals surface area contributed by atoms with Crippen LogP contribution >= 0.6 is 0 Å². The number of aromatic hydroxyl groups is 1. The van der Waals surface area contributed by atoms with E-state index in [1.165, 1.54) is 10.8 Å². The summed E-state index contributed by atoms with van der Waals surface area (Å²) in [5.74, 6) is 0.950. The molecule has 5 nitrogen and oxygen atoms in total. The molecule has 3 heterocycles. The largest absolute Gasteiger partial charge is 0.656 e. The Hall–Kier alpha value is -6.03. The zero-order valence-corrected chi connectivity index (χ0v) is 28.8. The molecule has 0 atom stereocenters. The number of pyridine rings is 1. The fourth-order valence-electron chi connectivity index (χ4n) is 7.27. The number of hydrogen-bond acceptors (Lipinski definition) is 3. The molecule has 0 bridgehead atoms. The van der Waals surface area contributed by atoms with E-state index in [0.29, 0.717) is 5.52 Å². The molecule has 10 rings (SSSR count). The van der Waals surface area contributed by atoms with Crippen molar-refractivity contribution >= 4 is 54.5 Å². The smallest absolute Gasteiger partial charge is 0.144 e. The van der Waals surface area contributed by atoms with E-state index in [0.717, 1.165) is 77.7 Å². The summed E-state index contributed by atoms with van der Waals surface area (Å²) in [6, 6.07) is 53.7. The average molecular weight is 823 g/mol. The van der Waals surface area contributed by atoms with Crippen LogP contribution in [0.25, 0.3) is 94.0 Å². The summed E-state index contributed by atoms with van der Waals surface area (Å²) in [5.41, 5.74) is 9.87. The van der Waals surface area contributed by atoms with Crippen molar-refractivity contribution in [3.63, 3.8) is 0 Å². The molecule has 0 saturated heterocycles. The maximum Gasteiger partial charge on any atom is 0.144 e. The summed E-state index contributed by atoms with van der Waals surface area (Å²) in [6.07, 6.45) is 0. The van der Waals surface area contributed by atoms with Gasteiger partial charge in [0.2, 0.25) is 0 Å². The van der Waals surface area contributed by atoms with Crippen molar-refractivity contribution in [2.45, 2.75) is 0 Å². The molecular formula is C44H27N4OPt-. The number of para-hydroxylation sites is 4. The molecule has 0 fully saturated rings. The van der Waals surface area contributed by atoms with Crippen molar-refractivity contribution in [3.05, 3.63) is 158 Å². The minimum atomic E-state index is 0. The van der Waals surface area contributed by atoms with Gasteiger partial charge < -0.3 is 10.1 Å². The predicted molar refractivity (Wildman–Crippen MR) is 200 cm³/mol. The summed E-state index contributed by atoms with van der Waals surface area (Å²) < 4.78 is 2.22. The van der Waals surface area contributed by atoms with Gasteiger partial charge in [-0.3, -0.25) is 4.57 Å². The predicted octanol–water partition coefficient (Wildman–Crippen LogP) is 10.7. The third-order valence-corrected chi connectivity index (χ3v) is 9.54. The van der Waals surface area contributed by atoms with Crippen LogP contribution in [0, 0.1) is 0 Å². The van der Waals surface area contributed by atoms with Crippen LogP contribution in [0.2, 0.25) is 0 Å². The van der Waals surface area contributed by atoms with E-state index in [4.69, 9.17) is 15.0 Å². The summed E-state index contributed by atoms with van der Waals surface area (Å²) in [4.78, 5) is 15.7. The Bertz CT molecular complexity index is 2890. The molecule has 240 valence electrons. The Labute approximate surface area is 301 Å². The Morgan fingerprint density at radius 2 is 1.20 bits per heavy atom. The molecule has 0 radical (unpaired) electrons. The van der Waals surface area contributed by atoms with Crippen LogP contribution in [0.3, 0.4) is 0 Å². The molecule has 0 spiro atoms. The summed E-state index contributed by atoms with van der Waals surface area (Å²) in [5, 5.41) is 16.5. The number of nitrogens with zero attached hydrogens (tertiary/aromatic N) is 4. The monoisotopic (exact) mass is 822 g/mol. The van der Waals surface area contributed by atoms with Crippen LogP contribution in [-0.2, 0) is 21.1 Å². The zero-order chi connectivity index (χ0) is 32.5. The number of fused-ring (bicyclic) bond motifs is 6. The van der Waals surface area contributed by atoms with Crippen molar-refractivity contribution in [1.29, 1.82) is 0 Å². The Morgan fingerprint density at radius 3 is 2.02 bits per heavy atom. The van der Waals surface area contributed by atoms with Crippen LogP contribution in [0.5, 0.6) is 5.75 Å². The second-order valence-electron chi connectivity index (χ2n) is 12.4. The Morgan fingerprint density at radius 1 is 0.520 bits per heavy atom. The topological polar surface area (TPSA) is 65.0 Å². The van der Waals surface area contributed by atoms with Crippen molar-refractivity contribution in [1.82, 2.24) is 19.5 Å². The van der Waals surface area contributed by atoms with Crippen LogP contribution in [-0.4, -0.2) is 19.6 Å². The van der Waals surface area contributed by atoms with E-state index >= 15 is 0 Å². The van der Waals surface area contributed by atoms with Gasteiger partial charge in [-0.1, -0.05) is 121 Å². The number of rotatable bonds is 4. The maximum atomic E-state index is 11.0. The van der Waals surface area contributed by atoms with E-state index < -0.39 is 0 Å². The van der Waals surface area contributed by atoms with E-state index in [1.54, 1.807) is 6.07 Å². The van der Waals surface area contributed by atoms with Gasteiger partial charge in [0.25, 0.3) is 0 Å². The minimum absolute atomic E-state index is 0. The zero-order valence-electron chi connectivity index (χ0n) is 26.6. The van der Waals surface area contributed by atoms with Crippen LogP contribution < -0.4 is 4.98 Å². The molecule has 50 heavy (non-hydrogen) atoms. The van der Waals surface area contributed by atoms with Crippen molar-refractivity contribution in [2.24, 2.45) is 0 Å². The number of aromatic nitrogens is 4. The van der Waals surface area contributed by atoms with Crippen LogP contribution in [0.4, 0.5) is 0 Å². The maximum absolute atomic E-state index is 11.0. The molecular weight excluding hydrogens is 796 g/mol. The van der Waals surface area contributed by atoms with Gasteiger partial charge in [0.1, 0.15) is 17.1 Å². The Kier molecular flexibility index (Phi) is 7.11. The Balaban J connectivity index is 0.00000336. The second kappa shape index (κ2) is 11.8. The molecule has 3 aromatic heterocycles. The quantitative estimate of drug-likeness (QED) is 0.192. The molecule has 0 amide bonds. The van der Waals surface area contributed by atoms with E-state index in [-0.39, 0.29) is 26.8 Å². The summed E-state index contributed by atoms with van der Waals surface area (Å²) in [6.45, 7) is 0. The summed E-state index contributed by atoms with van der Waals surface area (Å²) >= 11 is 0. The van der Waals surface area contributed by atoms with Crippen LogP contribution in [0.1, 0.15) is 0 Å². The molecule has 10 aromatic rings. The van der Waals surface area contributed by atoms with Gasteiger partial charge in [-0.15, -0.1) is 11.0 Å². The van der Waals surface area contributed by atoms with Gasteiger partial charge in [-0.2, -0.15) is 0 Å². The number of imidazole rings is 1. The molecule has 1 N–H and O–H groups in total. The first kappa shape index (κ1) is 30.1. The normalized spacial score (nSPS) is 11.5. The van der Waals surface area contributed by atoms with E-state index in [1.807, 2.05) is 36.4 Å². The molecule has 0 unspecified atom stereocenters. The second-order valence-corrected chi connectivity index (χ2v) is 12.4. The molecule has 0 saturated carbocycles. The summed E-state index contributed by atoms with van der Waals surface area (Å²) in [7, 11) is 0. The molecule has 7 aromatic carbocycles. The first-order valence-corrected chi connectivity index (χ1v) is 16.3. The van der Waals surface area contributed by atoms with Gasteiger partial charge in [0.05, 0.1) is 16.7 Å². The van der Waals surface area contributed by atoms with Gasteiger partial charge >= 0.3 is 0 Å². The third-order valence-electron chi connectivity index (χ3n) is 9.54. The standard InChI is InChI=1S/C44H27N4O.Pt/c49-40-23-11-19-31-35(27-12-3-1-4-13-27)26-38(46-43(31)40)33-20-10-22-39-42(33)47-44(48(39)30-16-5-2-6-17-30)34-21-9-18-32-36-24-28-14-7-8-15-29(28)25-37(36)45-41(32)34;/h1-26H,(H-,45,46,47,49);/q-1;. The number of phenols is 1. The van der Waals surface area contributed by atoms with E-state index in [9.17, 15) is 5.11 Å². The third kappa shape index (κ3) is 4.66. The molecule has 6 heteroatoms. The van der Waals surface area contributed by atoms with Gasteiger partial charge in [0, 0.05) is 43.3 Å². The molecule has 0 aliphatic heterocycles. The van der Waals surface area contributed by atoms with Crippen molar-refractivity contribution < 1.29 is 26.2 Å². The average Bonchev–Trinajstić information content (AvgIpc) is 3.73. The number of benzene rings is 7. The van der Waals surface area contributed by atoms with E-state index in [2.05, 4.69) is 120 Å². The fraction of sp³-hybridized carbons (Fsp3) is 0. The van der Waals surface area contributed by atoms with Gasteiger partial charge in [0.15, 0.2) is 0 Å². The first-order chi connectivity index (χ1) is 24.2. The molecule has 0 aliphatic carbocycles. The first-order valence-electron chi connectivity index (χ1n) is 16.3. The minimum Gasteiger partial charge on any atom is -0.656 e. The number of phenolic OH excluding ortho intramolecular Hbond substituents is 1. The van der Waals surface area contributed by atoms with Crippen molar-refractivity contribution in [3.8, 4) is 45.2 Å². The van der Waals surface area contributed by atoms with Gasteiger partial charge in [-0.05, 0) is 69.1 Å². The fourth-order valence-corrected chi connectivity index (χ4v) is 7.27. The van der Waals surface area contributed by atoms with Gasteiger partial charge in [-0.25, -0.2) is 9.97 Å². The van der Waals surface area contributed by atoms with Crippen molar-refractivity contribution in [2.75, 3.05) is 0 Å².